The van der Waals surface area contributed by atoms with Gasteiger partial charge in [-0.25, -0.2) is 9.18 Å². The van der Waals surface area contributed by atoms with E-state index in [0.29, 0.717) is 5.75 Å². The fraction of sp³-hybridized carbons (Fsp3) is 0.429. The van der Waals surface area contributed by atoms with Crippen molar-refractivity contribution in [3.8, 4) is 0 Å². The van der Waals surface area contributed by atoms with Gasteiger partial charge in [0, 0.05) is 16.6 Å². The van der Waals surface area contributed by atoms with Crippen LogP contribution in [-0.4, -0.2) is 40.0 Å². The first kappa shape index (κ1) is 17.5. The monoisotopic (exact) mass is 315 g/mol. The summed E-state index contributed by atoms with van der Waals surface area (Å²) in [6.07, 6.45) is 0. The van der Waals surface area contributed by atoms with Crippen LogP contribution in [0.15, 0.2) is 29.2 Å². The van der Waals surface area contributed by atoms with Gasteiger partial charge in [-0.3, -0.25) is 4.79 Å². The number of aliphatic hydroxyl groups is 1. The highest BCUT2D eigenvalue weighted by Gasteiger charge is 2.30. The van der Waals surface area contributed by atoms with Gasteiger partial charge in [0.15, 0.2) is 5.60 Å². The summed E-state index contributed by atoms with van der Waals surface area (Å²) in [6, 6.07) is 5.94. The molecule has 0 bridgehead atoms. The summed E-state index contributed by atoms with van der Waals surface area (Å²) in [5, 5.41) is 20.6. The van der Waals surface area contributed by atoms with Crippen LogP contribution in [0, 0.1) is 11.7 Å². The molecule has 0 aromatic heterocycles. The zero-order valence-corrected chi connectivity index (χ0v) is 12.6. The minimum absolute atomic E-state index is 0.318. The quantitative estimate of drug-likeness (QED) is 0.664. The maximum absolute atomic E-state index is 12.7. The van der Waals surface area contributed by atoms with E-state index in [0.717, 1.165) is 11.8 Å². The molecule has 116 valence electrons. The number of nitrogens with one attached hydrogen (secondary N) is 1. The highest BCUT2D eigenvalue weighted by atomic mass is 32.2. The summed E-state index contributed by atoms with van der Waals surface area (Å²) in [4.78, 5) is 23.3. The van der Waals surface area contributed by atoms with Crippen molar-refractivity contribution in [1.29, 1.82) is 0 Å². The second-order valence-corrected chi connectivity index (χ2v) is 6.06. The molecular weight excluding hydrogens is 297 g/mol. The molecule has 0 heterocycles. The molecule has 0 aliphatic heterocycles. The molecule has 1 amide bonds. The van der Waals surface area contributed by atoms with E-state index in [9.17, 15) is 19.1 Å². The molecule has 5 nitrogen and oxygen atoms in total. The molecule has 7 heteroatoms. The molecule has 21 heavy (non-hydrogen) atoms. The number of benzene rings is 1. The molecule has 3 N–H and O–H groups in total. The van der Waals surface area contributed by atoms with Crippen molar-refractivity contribution in [2.75, 3.05) is 12.3 Å². The predicted molar refractivity (Wildman–Crippen MR) is 77.6 cm³/mol. The van der Waals surface area contributed by atoms with Gasteiger partial charge < -0.3 is 15.5 Å². The van der Waals surface area contributed by atoms with Gasteiger partial charge in [0.25, 0.3) is 0 Å². The van der Waals surface area contributed by atoms with Crippen molar-refractivity contribution in [3.05, 3.63) is 30.1 Å². The summed E-state index contributed by atoms with van der Waals surface area (Å²) in [6.45, 7) is 2.46. The Morgan fingerprint density at radius 1 is 1.38 bits per heavy atom. The number of carbonyl (C=O) groups is 2. The highest BCUT2D eigenvalue weighted by Crippen LogP contribution is 2.21. The Labute approximate surface area is 126 Å². The number of thioether (sulfide) groups is 1. The number of rotatable bonds is 7. The third kappa shape index (κ3) is 5.73. The van der Waals surface area contributed by atoms with E-state index in [1.165, 1.54) is 23.9 Å². The Morgan fingerprint density at radius 2 is 1.95 bits per heavy atom. The van der Waals surface area contributed by atoms with Crippen LogP contribution in [0.2, 0.25) is 0 Å². The molecule has 0 fully saturated rings. The second kappa shape index (κ2) is 7.42. The van der Waals surface area contributed by atoms with Crippen molar-refractivity contribution in [3.63, 3.8) is 0 Å². The molecule has 0 saturated heterocycles. The standard InChI is InChI=1S/C14H18FNO4S/c1-9(7-21-11-5-3-10(15)4-6-11)12(17)16-8-14(2,20)13(18)19/h3-6,9,20H,7-8H2,1-2H3,(H,16,17)(H,18,19). The van der Waals surface area contributed by atoms with Crippen LogP contribution in [0.4, 0.5) is 4.39 Å². The van der Waals surface area contributed by atoms with Crippen molar-refractivity contribution in [1.82, 2.24) is 5.32 Å². The second-order valence-electron chi connectivity index (χ2n) is 4.96. The number of hydrogen-bond donors (Lipinski definition) is 3. The van der Waals surface area contributed by atoms with Crippen molar-refractivity contribution >= 4 is 23.6 Å². The topological polar surface area (TPSA) is 86.6 Å². The average Bonchev–Trinajstić information content (AvgIpc) is 2.43. The number of hydrogen-bond acceptors (Lipinski definition) is 4. The first-order chi connectivity index (χ1) is 9.72. The SMILES string of the molecule is CC(CSc1ccc(F)cc1)C(=O)NCC(C)(O)C(=O)O. The fourth-order valence-electron chi connectivity index (χ4n) is 1.34. The van der Waals surface area contributed by atoms with Crippen LogP contribution < -0.4 is 5.32 Å². The van der Waals surface area contributed by atoms with Gasteiger partial charge in [0.1, 0.15) is 5.82 Å². The zero-order chi connectivity index (χ0) is 16.0. The number of halogens is 1. The normalized spacial score (nSPS) is 15.0. The van der Waals surface area contributed by atoms with E-state index >= 15 is 0 Å². The molecule has 0 radical (unpaired) electrons. The molecule has 2 unspecified atom stereocenters. The number of aliphatic carboxylic acids is 1. The lowest BCUT2D eigenvalue weighted by Crippen LogP contribution is -2.47. The lowest BCUT2D eigenvalue weighted by atomic mass is 10.1. The average molecular weight is 315 g/mol. The molecule has 2 atom stereocenters. The first-order valence-electron chi connectivity index (χ1n) is 6.34. The predicted octanol–water partition coefficient (Wildman–Crippen LogP) is 1.51. The van der Waals surface area contributed by atoms with Gasteiger partial charge in [0.05, 0.1) is 6.54 Å². The molecular formula is C14H18FNO4S. The van der Waals surface area contributed by atoms with Crippen LogP contribution in [0.25, 0.3) is 0 Å². The minimum Gasteiger partial charge on any atom is -0.479 e. The first-order valence-corrected chi connectivity index (χ1v) is 7.33. The minimum atomic E-state index is -1.99. The summed E-state index contributed by atoms with van der Waals surface area (Å²) in [5.74, 6) is -1.96. The Morgan fingerprint density at radius 3 is 2.48 bits per heavy atom. The van der Waals surface area contributed by atoms with E-state index in [2.05, 4.69) is 5.32 Å². The highest BCUT2D eigenvalue weighted by molar-refractivity contribution is 7.99. The third-order valence-electron chi connectivity index (χ3n) is 2.83. The van der Waals surface area contributed by atoms with Gasteiger partial charge in [-0.15, -0.1) is 11.8 Å². The molecule has 0 aliphatic rings. The number of carboxylic acids is 1. The summed E-state index contributed by atoms with van der Waals surface area (Å²) in [5.41, 5.74) is -1.99. The number of carboxylic acid groups (broad SMARTS) is 1. The van der Waals surface area contributed by atoms with E-state index in [4.69, 9.17) is 5.11 Å². The van der Waals surface area contributed by atoms with Gasteiger partial charge in [-0.1, -0.05) is 6.92 Å². The fourth-order valence-corrected chi connectivity index (χ4v) is 2.26. The summed E-state index contributed by atoms with van der Waals surface area (Å²) < 4.78 is 12.7. The van der Waals surface area contributed by atoms with Crippen LogP contribution >= 0.6 is 11.8 Å². The summed E-state index contributed by atoms with van der Waals surface area (Å²) in [7, 11) is 0. The molecule has 0 aliphatic carbocycles. The third-order valence-corrected chi connectivity index (χ3v) is 4.10. The number of carbonyl (C=O) groups excluding carboxylic acids is 1. The van der Waals surface area contributed by atoms with Gasteiger partial charge in [-0.05, 0) is 31.2 Å². The van der Waals surface area contributed by atoms with Gasteiger partial charge in [-0.2, -0.15) is 0 Å². The van der Waals surface area contributed by atoms with Crippen molar-refractivity contribution in [2.45, 2.75) is 24.3 Å². The van der Waals surface area contributed by atoms with Crippen molar-refractivity contribution < 1.29 is 24.2 Å². The zero-order valence-electron chi connectivity index (χ0n) is 11.8. The van der Waals surface area contributed by atoms with E-state index in [1.807, 2.05) is 0 Å². The van der Waals surface area contributed by atoms with Crippen molar-refractivity contribution in [2.24, 2.45) is 5.92 Å². The molecule has 0 spiro atoms. The molecule has 1 aromatic rings. The Balaban J connectivity index is 2.41. The van der Waals surface area contributed by atoms with E-state index < -0.39 is 11.6 Å². The lowest BCUT2D eigenvalue weighted by Gasteiger charge is -2.20. The van der Waals surface area contributed by atoms with Crippen LogP contribution in [0.3, 0.4) is 0 Å². The molecule has 1 aromatic carbocycles. The number of amides is 1. The van der Waals surface area contributed by atoms with E-state index in [-0.39, 0.29) is 24.2 Å². The maximum atomic E-state index is 12.7. The Hall–Kier alpha value is -1.60. The largest absolute Gasteiger partial charge is 0.479 e. The maximum Gasteiger partial charge on any atom is 0.337 e. The van der Waals surface area contributed by atoms with Crippen LogP contribution in [0.1, 0.15) is 13.8 Å². The Bertz CT molecular complexity index is 504. The van der Waals surface area contributed by atoms with Crippen LogP contribution in [0.5, 0.6) is 0 Å². The van der Waals surface area contributed by atoms with E-state index in [1.54, 1.807) is 19.1 Å². The van der Waals surface area contributed by atoms with Gasteiger partial charge >= 0.3 is 5.97 Å². The van der Waals surface area contributed by atoms with Crippen LogP contribution in [-0.2, 0) is 9.59 Å². The lowest BCUT2D eigenvalue weighted by molar-refractivity contribution is -0.156. The Kier molecular flexibility index (Phi) is 6.17. The smallest absolute Gasteiger partial charge is 0.337 e. The molecule has 0 saturated carbocycles. The summed E-state index contributed by atoms with van der Waals surface area (Å²) >= 11 is 1.40. The van der Waals surface area contributed by atoms with Gasteiger partial charge in [0.2, 0.25) is 5.91 Å². The molecule has 1 rings (SSSR count).